The third kappa shape index (κ3) is 4.37. The van der Waals surface area contributed by atoms with Crippen molar-refractivity contribution < 1.29 is 0 Å². The van der Waals surface area contributed by atoms with Crippen molar-refractivity contribution in [1.82, 2.24) is 0 Å². The van der Waals surface area contributed by atoms with E-state index < -0.39 is 0 Å². The van der Waals surface area contributed by atoms with E-state index in [2.05, 4.69) is 184 Å². The molecule has 222 valence electrons. The number of rotatable bonds is 4. The summed E-state index contributed by atoms with van der Waals surface area (Å²) >= 11 is 0. The summed E-state index contributed by atoms with van der Waals surface area (Å²) < 4.78 is 0. The Hall–Kier alpha value is -5.72. The van der Waals surface area contributed by atoms with E-state index >= 15 is 0 Å². The molecule has 0 saturated heterocycles. The predicted octanol–water partition coefficient (Wildman–Crippen LogP) is 13.0. The van der Waals surface area contributed by atoms with Gasteiger partial charge >= 0.3 is 0 Å². The van der Waals surface area contributed by atoms with Crippen LogP contribution in [-0.2, 0) is 5.41 Å². The van der Waals surface area contributed by atoms with E-state index in [1.54, 1.807) is 0 Å². The molecule has 0 heterocycles. The van der Waals surface area contributed by atoms with Gasteiger partial charge in [-0.3, -0.25) is 0 Å². The van der Waals surface area contributed by atoms with Gasteiger partial charge in [-0.1, -0.05) is 166 Å². The molecule has 1 aliphatic rings. The summed E-state index contributed by atoms with van der Waals surface area (Å²) in [6.07, 6.45) is 0. The number of hydrogen-bond donors (Lipinski definition) is 0. The highest BCUT2D eigenvalue weighted by atomic mass is 14.4. The lowest BCUT2D eigenvalue weighted by atomic mass is 9.81. The fourth-order valence-corrected chi connectivity index (χ4v) is 7.97. The molecule has 0 aromatic heterocycles. The lowest BCUT2D eigenvalue weighted by Gasteiger charge is -2.22. The second-order valence-electron chi connectivity index (χ2n) is 13.3. The maximum atomic E-state index is 2.45. The molecule has 0 spiro atoms. The van der Waals surface area contributed by atoms with Crippen molar-refractivity contribution in [1.29, 1.82) is 0 Å². The minimum atomic E-state index is -0.0251. The van der Waals surface area contributed by atoms with Crippen molar-refractivity contribution in [2.75, 3.05) is 0 Å². The lowest BCUT2D eigenvalue weighted by Crippen LogP contribution is -2.14. The standard InChI is InChI=1S/C47H34/c1-47(2)43-23-12-11-20-37(43)41-30-36(25-27-44(41)47)46-39-22-10-9-21-38(39)45(35-19-13-18-33(28-35)31-14-5-3-6-15-31)40-26-24-34(29-42(40)46)32-16-7-4-8-17-32/h3-30H,1-2H3. The van der Waals surface area contributed by atoms with Gasteiger partial charge in [0.1, 0.15) is 0 Å². The van der Waals surface area contributed by atoms with Crippen LogP contribution in [0.25, 0.3) is 77.2 Å². The van der Waals surface area contributed by atoms with Crippen LogP contribution in [0.2, 0.25) is 0 Å². The zero-order valence-electron chi connectivity index (χ0n) is 26.7. The summed E-state index contributed by atoms with van der Waals surface area (Å²) in [5.41, 5.74) is 15.4. The molecule has 0 amide bonds. The normalized spacial score (nSPS) is 13.1. The fraction of sp³-hybridized carbons (Fsp3) is 0.0638. The topological polar surface area (TPSA) is 0 Å². The Morgan fingerprint density at radius 1 is 0.298 bits per heavy atom. The Labute approximate surface area is 276 Å². The molecule has 0 unspecified atom stereocenters. The molecule has 0 saturated carbocycles. The lowest BCUT2D eigenvalue weighted by molar-refractivity contribution is 0.660. The first-order valence-electron chi connectivity index (χ1n) is 16.5. The molecule has 47 heavy (non-hydrogen) atoms. The fourth-order valence-electron chi connectivity index (χ4n) is 7.97. The maximum absolute atomic E-state index is 2.45. The van der Waals surface area contributed by atoms with Gasteiger partial charge in [0.25, 0.3) is 0 Å². The monoisotopic (exact) mass is 598 g/mol. The molecule has 0 bridgehead atoms. The molecule has 0 fully saturated rings. The first-order chi connectivity index (χ1) is 23.1. The van der Waals surface area contributed by atoms with Gasteiger partial charge in [-0.2, -0.15) is 0 Å². The largest absolute Gasteiger partial charge is 0.0622 e. The molecule has 1 aliphatic carbocycles. The highest BCUT2D eigenvalue weighted by Crippen LogP contribution is 2.51. The van der Waals surface area contributed by atoms with E-state index in [0.29, 0.717) is 0 Å². The third-order valence-corrected chi connectivity index (χ3v) is 10.3. The molecule has 0 aliphatic heterocycles. The molecule has 9 rings (SSSR count). The SMILES string of the molecule is CC1(C)c2ccccc2-c2cc(-c3c4ccccc4c(-c4cccc(-c5ccccc5)c4)c4ccc(-c5ccccc5)cc34)ccc21. The average molecular weight is 599 g/mol. The minimum absolute atomic E-state index is 0.0251. The molecule has 8 aromatic carbocycles. The first kappa shape index (κ1) is 27.6. The van der Waals surface area contributed by atoms with Gasteiger partial charge in [-0.25, -0.2) is 0 Å². The minimum Gasteiger partial charge on any atom is -0.0622 e. The van der Waals surface area contributed by atoms with Gasteiger partial charge in [0.2, 0.25) is 0 Å². The second-order valence-corrected chi connectivity index (χ2v) is 13.3. The van der Waals surface area contributed by atoms with Crippen LogP contribution in [0, 0.1) is 0 Å². The van der Waals surface area contributed by atoms with Gasteiger partial charge in [0, 0.05) is 5.41 Å². The van der Waals surface area contributed by atoms with Crippen molar-refractivity contribution in [3.05, 3.63) is 181 Å². The van der Waals surface area contributed by atoms with Crippen molar-refractivity contribution in [2.24, 2.45) is 0 Å². The van der Waals surface area contributed by atoms with Gasteiger partial charge in [0.15, 0.2) is 0 Å². The zero-order valence-corrected chi connectivity index (χ0v) is 26.7. The van der Waals surface area contributed by atoms with E-state index in [9.17, 15) is 0 Å². The van der Waals surface area contributed by atoms with Gasteiger partial charge in [-0.15, -0.1) is 0 Å². The molecule has 8 aromatic rings. The van der Waals surface area contributed by atoms with Crippen LogP contribution in [0.3, 0.4) is 0 Å². The van der Waals surface area contributed by atoms with E-state index in [1.165, 1.54) is 88.3 Å². The molecular formula is C47H34. The quantitative estimate of drug-likeness (QED) is 0.177. The van der Waals surface area contributed by atoms with Gasteiger partial charge < -0.3 is 0 Å². The van der Waals surface area contributed by atoms with Crippen molar-refractivity contribution in [2.45, 2.75) is 19.3 Å². The first-order valence-corrected chi connectivity index (χ1v) is 16.5. The summed E-state index contributed by atoms with van der Waals surface area (Å²) in [6, 6.07) is 62.7. The molecule has 0 radical (unpaired) electrons. The van der Waals surface area contributed by atoms with Gasteiger partial charge in [-0.05, 0) is 107 Å². The predicted molar refractivity (Wildman–Crippen MR) is 201 cm³/mol. The Morgan fingerprint density at radius 3 is 1.51 bits per heavy atom. The van der Waals surface area contributed by atoms with E-state index in [4.69, 9.17) is 0 Å². The molecular weight excluding hydrogens is 565 g/mol. The third-order valence-electron chi connectivity index (χ3n) is 10.3. The maximum Gasteiger partial charge on any atom is 0.0158 e. The number of hydrogen-bond acceptors (Lipinski definition) is 0. The summed E-state index contributed by atoms with van der Waals surface area (Å²) in [4.78, 5) is 0. The average Bonchev–Trinajstić information content (AvgIpc) is 3.36. The summed E-state index contributed by atoms with van der Waals surface area (Å²) in [6.45, 7) is 4.71. The summed E-state index contributed by atoms with van der Waals surface area (Å²) in [5, 5.41) is 5.09. The molecule has 0 atom stereocenters. The highest BCUT2D eigenvalue weighted by molar-refractivity contribution is 6.22. The molecule has 0 nitrogen and oxygen atoms in total. The van der Waals surface area contributed by atoms with Crippen LogP contribution < -0.4 is 0 Å². The van der Waals surface area contributed by atoms with Crippen molar-refractivity contribution >= 4 is 21.5 Å². The molecule has 0 N–H and O–H groups in total. The van der Waals surface area contributed by atoms with Crippen LogP contribution in [0.4, 0.5) is 0 Å². The van der Waals surface area contributed by atoms with E-state index in [-0.39, 0.29) is 5.41 Å². The number of fused-ring (bicyclic) bond motifs is 5. The number of benzene rings is 8. The van der Waals surface area contributed by atoms with Crippen LogP contribution >= 0.6 is 0 Å². The highest BCUT2D eigenvalue weighted by Gasteiger charge is 2.35. The zero-order chi connectivity index (χ0) is 31.5. The summed E-state index contributed by atoms with van der Waals surface area (Å²) in [5.74, 6) is 0. The Morgan fingerprint density at radius 2 is 0.787 bits per heavy atom. The summed E-state index contributed by atoms with van der Waals surface area (Å²) in [7, 11) is 0. The smallest absolute Gasteiger partial charge is 0.0158 e. The van der Waals surface area contributed by atoms with Crippen LogP contribution in [0.1, 0.15) is 25.0 Å². The van der Waals surface area contributed by atoms with Crippen LogP contribution in [-0.4, -0.2) is 0 Å². The van der Waals surface area contributed by atoms with E-state index in [1.807, 2.05) is 0 Å². The molecule has 0 heteroatoms. The van der Waals surface area contributed by atoms with E-state index in [0.717, 1.165) is 0 Å². The van der Waals surface area contributed by atoms with Crippen molar-refractivity contribution in [3.63, 3.8) is 0 Å². The Balaban J connectivity index is 1.37. The second kappa shape index (κ2) is 10.7. The van der Waals surface area contributed by atoms with Crippen molar-refractivity contribution in [3.8, 4) is 55.6 Å². The Kier molecular flexibility index (Phi) is 6.27. The van der Waals surface area contributed by atoms with Crippen LogP contribution in [0.15, 0.2) is 170 Å². The Bertz CT molecular complexity index is 2460. The van der Waals surface area contributed by atoms with Crippen LogP contribution in [0.5, 0.6) is 0 Å². The van der Waals surface area contributed by atoms with Gasteiger partial charge in [0.05, 0.1) is 0 Å².